The van der Waals surface area contributed by atoms with Crippen molar-refractivity contribution in [3.05, 3.63) is 59.4 Å². The number of halogens is 4. The van der Waals surface area contributed by atoms with Crippen LogP contribution in [-0.2, 0) is 12.6 Å². The highest BCUT2D eigenvalue weighted by molar-refractivity contribution is 5.68. The van der Waals surface area contributed by atoms with E-state index in [4.69, 9.17) is 5.26 Å². The molecule has 0 bridgehead atoms. The molecule has 0 aliphatic rings. The van der Waals surface area contributed by atoms with Crippen LogP contribution < -0.4 is 0 Å². The van der Waals surface area contributed by atoms with Crippen LogP contribution in [0.5, 0.6) is 0 Å². The fourth-order valence-electron chi connectivity index (χ4n) is 1.89. The van der Waals surface area contributed by atoms with Crippen molar-refractivity contribution in [2.75, 3.05) is 0 Å². The van der Waals surface area contributed by atoms with Gasteiger partial charge in [0.05, 0.1) is 18.1 Å². The predicted molar refractivity (Wildman–Crippen MR) is 66.2 cm³/mol. The van der Waals surface area contributed by atoms with Crippen molar-refractivity contribution < 1.29 is 17.6 Å². The summed E-state index contributed by atoms with van der Waals surface area (Å²) in [5, 5.41) is 8.73. The van der Waals surface area contributed by atoms with Gasteiger partial charge in [0.15, 0.2) is 0 Å². The smallest absolute Gasteiger partial charge is 0.207 e. The van der Waals surface area contributed by atoms with Gasteiger partial charge in [0.25, 0.3) is 0 Å². The molecule has 2 rings (SSSR count). The van der Waals surface area contributed by atoms with E-state index < -0.39 is 17.6 Å². The molecular weight excluding hydrogens is 270 g/mol. The second-order valence-electron chi connectivity index (χ2n) is 4.21. The molecule has 20 heavy (non-hydrogen) atoms. The van der Waals surface area contributed by atoms with Gasteiger partial charge in [0.2, 0.25) is 0 Å². The Morgan fingerprint density at radius 3 is 2.20 bits per heavy atom. The molecule has 2 aromatic rings. The first-order chi connectivity index (χ1) is 9.41. The van der Waals surface area contributed by atoms with E-state index in [1.54, 1.807) is 0 Å². The molecule has 0 atom stereocenters. The van der Waals surface area contributed by atoms with Crippen molar-refractivity contribution >= 4 is 0 Å². The van der Waals surface area contributed by atoms with Crippen LogP contribution in [0.4, 0.5) is 17.6 Å². The molecule has 102 valence electrons. The highest BCUT2D eigenvalue weighted by atomic mass is 19.4. The van der Waals surface area contributed by atoms with Crippen molar-refractivity contribution in [3.8, 4) is 17.2 Å². The fourth-order valence-corrected chi connectivity index (χ4v) is 1.89. The summed E-state index contributed by atoms with van der Waals surface area (Å²) in [5.41, 5.74) is 0.426. The third-order valence-corrected chi connectivity index (χ3v) is 2.86. The number of rotatable bonds is 2. The van der Waals surface area contributed by atoms with E-state index in [2.05, 4.69) is 0 Å². The minimum Gasteiger partial charge on any atom is -0.207 e. The second-order valence-corrected chi connectivity index (χ2v) is 4.21. The van der Waals surface area contributed by atoms with Crippen LogP contribution in [-0.4, -0.2) is 0 Å². The van der Waals surface area contributed by atoms with Gasteiger partial charge >= 0.3 is 6.18 Å². The Hall–Kier alpha value is -2.35. The Morgan fingerprint density at radius 2 is 1.65 bits per heavy atom. The number of nitrogens with zero attached hydrogens (tertiary/aromatic N) is 1. The molecule has 0 saturated carbocycles. The number of nitriles is 1. The maximum absolute atomic E-state index is 12.9. The molecule has 0 N–H and O–H groups in total. The quantitative estimate of drug-likeness (QED) is 0.738. The predicted octanol–water partition coefficient (Wildman–Crippen LogP) is 4.58. The molecule has 0 aliphatic carbocycles. The van der Waals surface area contributed by atoms with Crippen LogP contribution in [0.3, 0.4) is 0 Å². The van der Waals surface area contributed by atoms with Crippen LogP contribution in [0.15, 0.2) is 42.5 Å². The maximum Gasteiger partial charge on any atom is 0.416 e. The Labute approximate surface area is 113 Å². The molecule has 0 fully saturated rings. The lowest BCUT2D eigenvalue weighted by atomic mass is 9.95. The Balaban J connectivity index is 2.58. The molecule has 0 saturated heterocycles. The lowest BCUT2D eigenvalue weighted by Gasteiger charge is -2.12. The van der Waals surface area contributed by atoms with E-state index in [-0.39, 0.29) is 6.42 Å². The van der Waals surface area contributed by atoms with Gasteiger partial charge in [-0.2, -0.15) is 18.4 Å². The molecule has 0 radical (unpaired) electrons. The van der Waals surface area contributed by atoms with E-state index in [1.165, 1.54) is 30.3 Å². The molecule has 2 aromatic carbocycles. The zero-order chi connectivity index (χ0) is 14.8. The zero-order valence-electron chi connectivity index (χ0n) is 10.2. The van der Waals surface area contributed by atoms with Gasteiger partial charge in [0, 0.05) is 0 Å². The Kier molecular flexibility index (Phi) is 3.75. The van der Waals surface area contributed by atoms with Crippen LogP contribution in [0.1, 0.15) is 11.1 Å². The maximum atomic E-state index is 12.9. The molecule has 0 spiro atoms. The summed E-state index contributed by atoms with van der Waals surface area (Å²) in [5.74, 6) is -0.470. The number of hydrogen-bond donors (Lipinski definition) is 0. The van der Waals surface area contributed by atoms with Gasteiger partial charge in [-0.05, 0) is 41.0 Å². The van der Waals surface area contributed by atoms with E-state index in [0.29, 0.717) is 16.7 Å². The first-order valence-electron chi connectivity index (χ1n) is 5.75. The van der Waals surface area contributed by atoms with Gasteiger partial charge in [-0.15, -0.1) is 0 Å². The zero-order valence-corrected chi connectivity index (χ0v) is 10.2. The Bertz CT molecular complexity index is 651. The minimum absolute atomic E-state index is 0.00908. The molecule has 1 nitrogen and oxygen atoms in total. The number of hydrogen-bond acceptors (Lipinski definition) is 1. The summed E-state index contributed by atoms with van der Waals surface area (Å²) >= 11 is 0. The van der Waals surface area contributed by atoms with Gasteiger partial charge in [0.1, 0.15) is 5.82 Å². The number of alkyl halides is 3. The van der Waals surface area contributed by atoms with Crippen molar-refractivity contribution in [2.24, 2.45) is 0 Å². The molecule has 0 unspecified atom stereocenters. The molecule has 0 heterocycles. The third-order valence-electron chi connectivity index (χ3n) is 2.86. The third kappa shape index (κ3) is 2.97. The minimum atomic E-state index is -4.46. The van der Waals surface area contributed by atoms with Crippen molar-refractivity contribution in [2.45, 2.75) is 12.6 Å². The van der Waals surface area contributed by atoms with Crippen LogP contribution >= 0.6 is 0 Å². The van der Waals surface area contributed by atoms with E-state index >= 15 is 0 Å². The second kappa shape index (κ2) is 5.33. The summed E-state index contributed by atoms with van der Waals surface area (Å²) in [6.07, 6.45) is -4.47. The van der Waals surface area contributed by atoms with Crippen LogP contribution in [0, 0.1) is 17.1 Å². The topological polar surface area (TPSA) is 23.8 Å². The number of benzene rings is 2. The molecule has 0 aliphatic heterocycles. The monoisotopic (exact) mass is 279 g/mol. The lowest BCUT2D eigenvalue weighted by molar-refractivity contribution is -0.137. The van der Waals surface area contributed by atoms with Gasteiger partial charge < -0.3 is 0 Å². The lowest BCUT2D eigenvalue weighted by Crippen LogP contribution is -2.05. The highest BCUT2D eigenvalue weighted by Gasteiger charge is 2.31. The molecule has 0 aromatic heterocycles. The molecular formula is C15H9F4N. The summed E-state index contributed by atoms with van der Waals surface area (Å²) in [6.45, 7) is 0. The van der Waals surface area contributed by atoms with Crippen molar-refractivity contribution in [3.63, 3.8) is 0 Å². The first kappa shape index (κ1) is 14.1. The van der Waals surface area contributed by atoms with Crippen LogP contribution in [0.2, 0.25) is 0 Å². The normalized spacial score (nSPS) is 11.2. The fraction of sp³-hybridized carbons (Fsp3) is 0.133. The van der Waals surface area contributed by atoms with E-state index in [1.807, 2.05) is 6.07 Å². The largest absolute Gasteiger partial charge is 0.416 e. The SMILES string of the molecule is N#CCc1ccc(C(F)(F)F)cc1-c1ccc(F)cc1. The van der Waals surface area contributed by atoms with Gasteiger partial charge in [-0.3, -0.25) is 0 Å². The molecule has 0 amide bonds. The average molecular weight is 279 g/mol. The Morgan fingerprint density at radius 1 is 1.00 bits per heavy atom. The van der Waals surface area contributed by atoms with E-state index in [0.717, 1.165) is 12.1 Å². The first-order valence-corrected chi connectivity index (χ1v) is 5.75. The average Bonchev–Trinajstić information content (AvgIpc) is 2.39. The standard InChI is InChI=1S/C15H9F4N/c16-13-5-2-10(3-6-13)14-9-12(15(17,18)19)4-1-11(14)7-8-20/h1-6,9H,7H2. The van der Waals surface area contributed by atoms with Crippen molar-refractivity contribution in [1.29, 1.82) is 5.26 Å². The van der Waals surface area contributed by atoms with Gasteiger partial charge in [-0.1, -0.05) is 18.2 Å². The van der Waals surface area contributed by atoms with Crippen LogP contribution in [0.25, 0.3) is 11.1 Å². The molecule has 5 heteroatoms. The van der Waals surface area contributed by atoms with E-state index in [9.17, 15) is 17.6 Å². The summed E-state index contributed by atoms with van der Waals surface area (Å²) in [6, 6.07) is 10.3. The van der Waals surface area contributed by atoms with Crippen molar-refractivity contribution in [1.82, 2.24) is 0 Å². The highest BCUT2D eigenvalue weighted by Crippen LogP contribution is 2.34. The summed E-state index contributed by atoms with van der Waals surface area (Å²) < 4.78 is 51.1. The summed E-state index contributed by atoms with van der Waals surface area (Å²) in [4.78, 5) is 0. The summed E-state index contributed by atoms with van der Waals surface area (Å²) in [7, 11) is 0. The van der Waals surface area contributed by atoms with Gasteiger partial charge in [-0.25, -0.2) is 4.39 Å².